The van der Waals surface area contributed by atoms with Crippen molar-refractivity contribution in [2.24, 2.45) is 0 Å². The van der Waals surface area contributed by atoms with E-state index in [9.17, 15) is 4.39 Å². The fourth-order valence-electron chi connectivity index (χ4n) is 2.40. The van der Waals surface area contributed by atoms with Crippen molar-refractivity contribution in [3.63, 3.8) is 0 Å². The van der Waals surface area contributed by atoms with Crippen molar-refractivity contribution < 1.29 is 9.13 Å². The molecule has 1 saturated carbocycles. The van der Waals surface area contributed by atoms with Crippen LogP contribution in [0, 0.1) is 17.1 Å². The molecule has 0 spiro atoms. The van der Waals surface area contributed by atoms with E-state index in [0.717, 1.165) is 12.1 Å². The molecule has 1 aromatic carbocycles. The van der Waals surface area contributed by atoms with E-state index in [-0.39, 0.29) is 5.82 Å². The molecule has 0 radical (unpaired) electrons. The molecule has 0 bridgehead atoms. The van der Waals surface area contributed by atoms with E-state index in [0.29, 0.717) is 24.8 Å². The van der Waals surface area contributed by atoms with Gasteiger partial charge in [0.2, 0.25) is 0 Å². The minimum absolute atomic E-state index is 0.360. The van der Waals surface area contributed by atoms with Gasteiger partial charge >= 0.3 is 0 Å². The van der Waals surface area contributed by atoms with Crippen molar-refractivity contribution in [3.05, 3.63) is 35.1 Å². The van der Waals surface area contributed by atoms with Crippen molar-refractivity contribution >= 4 is 0 Å². The summed E-state index contributed by atoms with van der Waals surface area (Å²) >= 11 is 0. The molecule has 0 amide bonds. The lowest BCUT2D eigenvalue weighted by Crippen LogP contribution is -2.22. The molecule has 1 N–H and O–H groups in total. The molecule has 3 nitrogen and oxygen atoms in total. The Morgan fingerprint density at radius 2 is 2.11 bits per heavy atom. The van der Waals surface area contributed by atoms with Crippen molar-refractivity contribution in [2.75, 3.05) is 13.2 Å². The van der Waals surface area contributed by atoms with Crippen LogP contribution in [0.5, 0.6) is 0 Å². The Morgan fingerprint density at radius 3 is 2.84 bits per heavy atom. The van der Waals surface area contributed by atoms with Gasteiger partial charge in [0, 0.05) is 13.1 Å². The second-order valence-electron chi connectivity index (χ2n) is 4.91. The third kappa shape index (κ3) is 4.62. The van der Waals surface area contributed by atoms with Gasteiger partial charge in [0.1, 0.15) is 5.82 Å². The molecule has 0 saturated heterocycles. The molecule has 1 fully saturated rings. The maximum absolute atomic E-state index is 13.2. The molecule has 1 aliphatic rings. The molecule has 19 heavy (non-hydrogen) atoms. The summed E-state index contributed by atoms with van der Waals surface area (Å²) in [4.78, 5) is 0. The lowest BCUT2D eigenvalue weighted by atomic mass is 10.1. The van der Waals surface area contributed by atoms with Crippen LogP contribution in [0.15, 0.2) is 18.2 Å². The van der Waals surface area contributed by atoms with Gasteiger partial charge in [0.05, 0.1) is 24.3 Å². The van der Waals surface area contributed by atoms with Gasteiger partial charge < -0.3 is 10.1 Å². The van der Waals surface area contributed by atoms with Gasteiger partial charge in [-0.2, -0.15) is 5.26 Å². The second kappa shape index (κ2) is 7.22. The van der Waals surface area contributed by atoms with E-state index in [4.69, 9.17) is 10.00 Å². The van der Waals surface area contributed by atoms with Gasteiger partial charge in [-0.1, -0.05) is 12.8 Å². The Kier molecular flexibility index (Phi) is 5.31. The smallest absolute Gasteiger partial charge is 0.124 e. The standard InChI is InChI=1S/C15H19FN2O/c16-14-8-12(10-17)7-13(9-14)11-18-5-6-19-15-3-1-2-4-15/h7-9,15,18H,1-6,11H2. The number of rotatable bonds is 6. The van der Waals surface area contributed by atoms with Crippen LogP contribution in [0.4, 0.5) is 4.39 Å². The van der Waals surface area contributed by atoms with Crippen molar-refractivity contribution in [1.29, 1.82) is 5.26 Å². The normalized spacial score (nSPS) is 15.6. The topological polar surface area (TPSA) is 45.0 Å². The highest BCUT2D eigenvalue weighted by Gasteiger charge is 2.14. The highest BCUT2D eigenvalue weighted by molar-refractivity contribution is 5.33. The van der Waals surface area contributed by atoms with Gasteiger partial charge in [0.25, 0.3) is 0 Å². The number of hydrogen-bond acceptors (Lipinski definition) is 3. The number of nitrogens with zero attached hydrogens (tertiary/aromatic N) is 1. The Bertz CT molecular complexity index is 450. The Balaban J connectivity index is 1.67. The monoisotopic (exact) mass is 262 g/mol. The first-order valence-electron chi connectivity index (χ1n) is 6.80. The van der Waals surface area contributed by atoms with Gasteiger partial charge in [0.15, 0.2) is 0 Å². The number of nitrogens with one attached hydrogen (secondary N) is 1. The molecule has 0 aliphatic heterocycles. The summed E-state index contributed by atoms with van der Waals surface area (Å²) in [5.74, 6) is -0.363. The molecule has 102 valence electrons. The third-order valence-electron chi connectivity index (χ3n) is 3.35. The van der Waals surface area contributed by atoms with Crippen LogP contribution in [-0.2, 0) is 11.3 Å². The van der Waals surface area contributed by atoms with Crippen molar-refractivity contribution in [2.45, 2.75) is 38.3 Å². The summed E-state index contributed by atoms with van der Waals surface area (Å²) in [5, 5.41) is 12.0. The van der Waals surface area contributed by atoms with Crippen LogP contribution in [0.2, 0.25) is 0 Å². The molecular weight excluding hydrogens is 243 g/mol. The van der Waals surface area contributed by atoms with E-state index in [1.807, 2.05) is 6.07 Å². The summed E-state index contributed by atoms with van der Waals surface area (Å²) < 4.78 is 18.9. The predicted octanol–water partition coefficient (Wildman–Crippen LogP) is 2.75. The van der Waals surface area contributed by atoms with Gasteiger partial charge in [-0.15, -0.1) is 0 Å². The molecule has 0 heterocycles. The lowest BCUT2D eigenvalue weighted by Gasteiger charge is -2.11. The first-order valence-corrected chi connectivity index (χ1v) is 6.80. The molecule has 1 aliphatic carbocycles. The first-order chi connectivity index (χ1) is 9.28. The fourth-order valence-corrected chi connectivity index (χ4v) is 2.40. The molecule has 0 aromatic heterocycles. The largest absolute Gasteiger partial charge is 0.377 e. The fraction of sp³-hybridized carbons (Fsp3) is 0.533. The minimum atomic E-state index is -0.363. The quantitative estimate of drug-likeness (QED) is 0.802. The molecular formula is C15H19FN2O. The van der Waals surface area contributed by atoms with Crippen LogP contribution in [0.25, 0.3) is 0 Å². The van der Waals surface area contributed by atoms with E-state index in [1.54, 1.807) is 6.07 Å². The zero-order valence-electron chi connectivity index (χ0n) is 11.0. The van der Waals surface area contributed by atoms with Crippen LogP contribution in [0.1, 0.15) is 36.8 Å². The van der Waals surface area contributed by atoms with E-state index in [2.05, 4.69) is 5.32 Å². The number of ether oxygens (including phenoxy) is 1. The first kappa shape index (κ1) is 14.0. The van der Waals surface area contributed by atoms with E-state index >= 15 is 0 Å². The molecule has 2 rings (SSSR count). The SMILES string of the molecule is N#Cc1cc(F)cc(CNCCOC2CCCC2)c1. The number of nitriles is 1. The predicted molar refractivity (Wildman–Crippen MR) is 71.0 cm³/mol. The minimum Gasteiger partial charge on any atom is -0.377 e. The van der Waals surface area contributed by atoms with Gasteiger partial charge in [-0.25, -0.2) is 4.39 Å². The number of halogens is 1. The van der Waals surface area contributed by atoms with Crippen LogP contribution >= 0.6 is 0 Å². The lowest BCUT2D eigenvalue weighted by molar-refractivity contribution is 0.0602. The van der Waals surface area contributed by atoms with Gasteiger partial charge in [-0.05, 0) is 36.6 Å². The third-order valence-corrected chi connectivity index (χ3v) is 3.35. The highest BCUT2D eigenvalue weighted by Crippen LogP contribution is 2.20. The molecule has 0 unspecified atom stereocenters. The average molecular weight is 262 g/mol. The molecule has 4 heteroatoms. The second-order valence-corrected chi connectivity index (χ2v) is 4.91. The zero-order chi connectivity index (χ0) is 13.5. The number of benzene rings is 1. The Labute approximate surface area is 113 Å². The van der Waals surface area contributed by atoms with E-state index in [1.165, 1.54) is 37.8 Å². The van der Waals surface area contributed by atoms with Crippen LogP contribution < -0.4 is 5.32 Å². The average Bonchev–Trinajstić information content (AvgIpc) is 2.91. The summed E-state index contributed by atoms with van der Waals surface area (Å²) in [5.41, 5.74) is 1.15. The number of hydrogen-bond donors (Lipinski definition) is 1. The molecule has 0 atom stereocenters. The van der Waals surface area contributed by atoms with E-state index < -0.39 is 0 Å². The van der Waals surface area contributed by atoms with Crippen LogP contribution in [0.3, 0.4) is 0 Å². The van der Waals surface area contributed by atoms with Crippen LogP contribution in [-0.4, -0.2) is 19.3 Å². The maximum atomic E-state index is 13.2. The zero-order valence-corrected chi connectivity index (χ0v) is 11.0. The highest BCUT2D eigenvalue weighted by atomic mass is 19.1. The summed E-state index contributed by atoms with van der Waals surface area (Å²) in [6.07, 6.45) is 5.34. The van der Waals surface area contributed by atoms with Gasteiger partial charge in [-0.3, -0.25) is 0 Å². The summed E-state index contributed by atoms with van der Waals surface area (Å²) in [6.45, 7) is 1.99. The molecule has 1 aromatic rings. The Hall–Kier alpha value is -1.44. The summed E-state index contributed by atoms with van der Waals surface area (Å²) in [7, 11) is 0. The van der Waals surface area contributed by atoms with Crippen molar-refractivity contribution in [3.8, 4) is 6.07 Å². The van der Waals surface area contributed by atoms with Crippen molar-refractivity contribution in [1.82, 2.24) is 5.32 Å². The maximum Gasteiger partial charge on any atom is 0.124 e. The Morgan fingerprint density at radius 1 is 1.32 bits per heavy atom. The summed E-state index contributed by atoms with van der Waals surface area (Å²) in [6, 6.07) is 6.35.